The van der Waals surface area contributed by atoms with Gasteiger partial charge in [0.1, 0.15) is 11.4 Å². The van der Waals surface area contributed by atoms with Gasteiger partial charge in [-0.3, -0.25) is 4.79 Å². The highest BCUT2D eigenvalue weighted by molar-refractivity contribution is 7.09. The molecule has 1 atom stereocenters. The normalized spacial score (nSPS) is 17.0. The van der Waals surface area contributed by atoms with Crippen LogP contribution in [0.25, 0.3) is 0 Å². The van der Waals surface area contributed by atoms with Crippen molar-refractivity contribution in [3.8, 4) is 5.75 Å². The Bertz CT molecular complexity index is 695. The van der Waals surface area contributed by atoms with E-state index in [1.807, 2.05) is 41.5 Å². The fraction of sp³-hybridized carbons (Fsp3) is 0.444. The maximum Gasteiger partial charge on any atom is 0.273 e. The molecule has 1 aromatic carbocycles. The quantitative estimate of drug-likeness (QED) is 0.805. The Morgan fingerprint density at radius 3 is 2.96 bits per heavy atom. The van der Waals surface area contributed by atoms with Gasteiger partial charge < -0.3 is 14.4 Å². The number of methoxy groups -OCH3 is 1. The second-order valence-corrected chi connectivity index (χ2v) is 6.95. The molecular formula is C18H22N2O3S. The fourth-order valence-electron chi connectivity index (χ4n) is 2.92. The topological polar surface area (TPSA) is 51.7 Å². The predicted octanol–water partition coefficient (Wildman–Crippen LogP) is 3.28. The van der Waals surface area contributed by atoms with Crippen molar-refractivity contribution in [2.75, 3.05) is 20.3 Å². The summed E-state index contributed by atoms with van der Waals surface area (Å²) in [7, 11) is 1.65. The number of hydrogen-bond donors (Lipinski definition) is 0. The Morgan fingerprint density at radius 1 is 1.46 bits per heavy atom. The van der Waals surface area contributed by atoms with E-state index in [1.54, 1.807) is 7.11 Å². The summed E-state index contributed by atoms with van der Waals surface area (Å²) in [6, 6.07) is 7.79. The minimum Gasteiger partial charge on any atom is -0.496 e. The molecule has 1 aliphatic rings. The number of hydrogen-bond acceptors (Lipinski definition) is 5. The highest BCUT2D eigenvalue weighted by atomic mass is 32.1. The highest BCUT2D eigenvalue weighted by Gasteiger charge is 2.25. The van der Waals surface area contributed by atoms with E-state index in [0.29, 0.717) is 18.8 Å². The zero-order valence-electron chi connectivity index (χ0n) is 14.0. The standard InChI is InChI=1S/C18H22N2O3S/c1-13-19-16(12-24-13)18(21)20(11-15-7-5-9-23-15)10-14-6-3-4-8-17(14)22-2/h3-4,6,8,12,15H,5,7,9-11H2,1-2H3. The van der Waals surface area contributed by atoms with Gasteiger partial charge in [-0.1, -0.05) is 18.2 Å². The van der Waals surface area contributed by atoms with Crippen LogP contribution in [0.15, 0.2) is 29.6 Å². The first-order valence-corrected chi connectivity index (χ1v) is 9.00. The van der Waals surface area contributed by atoms with Gasteiger partial charge in [-0.2, -0.15) is 0 Å². The van der Waals surface area contributed by atoms with Gasteiger partial charge in [0.2, 0.25) is 0 Å². The number of rotatable bonds is 6. The summed E-state index contributed by atoms with van der Waals surface area (Å²) in [4.78, 5) is 19.1. The summed E-state index contributed by atoms with van der Waals surface area (Å²) < 4.78 is 11.1. The van der Waals surface area contributed by atoms with Crippen LogP contribution in [0, 0.1) is 6.92 Å². The molecule has 1 unspecified atom stereocenters. The lowest BCUT2D eigenvalue weighted by Gasteiger charge is -2.25. The van der Waals surface area contributed by atoms with Crippen LogP contribution in [0.3, 0.4) is 0 Å². The molecule has 0 radical (unpaired) electrons. The first-order chi connectivity index (χ1) is 11.7. The van der Waals surface area contributed by atoms with E-state index < -0.39 is 0 Å². The van der Waals surface area contributed by atoms with Crippen LogP contribution in [0.2, 0.25) is 0 Å². The molecule has 0 N–H and O–H groups in total. The van der Waals surface area contributed by atoms with Crippen LogP contribution >= 0.6 is 11.3 Å². The van der Waals surface area contributed by atoms with Gasteiger partial charge in [-0.05, 0) is 25.8 Å². The molecule has 24 heavy (non-hydrogen) atoms. The Morgan fingerprint density at radius 2 is 2.29 bits per heavy atom. The van der Waals surface area contributed by atoms with Crippen LogP contribution in [-0.4, -0.2) is 42.2 Å². The van der Waals surface area contributed by atoms with Crippen molar-refractivity contribution < 1.29 is 14.3 Å². The number of benzene rings is 1. The summed E-state index contributed by atoms with van der Waals surface area (Å²) in [6.07, 6.45) is 2.14. The number of para-hydroxylation sites is 1. The predicted molar refractivity (Wildman–Crippen MR) is 93.6 cm³/mol. The highest BCUT2D eigenvalue weighted by Crippen LogP contribution is 2.23. The number of carbonyl (C=O) groups is 1. The molecule has 0 aliphatic carbocycles. The van der Waals surface area contributed by atoms with E-state index in [4.69, 9.17) is 9.47 Å². The molecule has 1 aromatic heterocycles. The molecule has 6 heteroatoms. The van der Waals surface area contributed by atoms with Crippen molar-refractivity contribution in [2.45, 2.75) is 32.4 Å². The van der Waals surface area contributed by atoms with Gasteiger partial charge in [-0.15, -0.1) is 11.3 Å². The monoisotopic (exact) mass is 346 g/mol. The molecule has 5 nitrogen and oxygen atoms in total. The lowest BCUT2D eigenvalue weighted by molar-refractivity contribution is 0.0502. The number of nitrogens with zero attached hydrogens (tertiary/aromatic N) is 2. The summed E-state index contributed by atoms with van der Waals surface area (Å²) >= 11 is 1.49. The summed E-state index contributed by atoms with van der Waals surface area (Å²) in [6.45, 7) is 3.75. The van der Waals surface area contributed by atoms with Crippen LogP contribution in [0.5, 0.6) is 5.75 Å². The van der Waals surface area contributed by atoms with Crippen molar-refractivity contribution in [2.24, 2.45) is 0 Å². The Kier molecular flexibility index (Phi) is 5.48. The number of thiazole rings is 1. The van der Waals surface area contributed by atoms with Gasteiger partial charge in [0.25, 0.3) is 5.91 Å². The first-order valence-electron chi connectivity index (χ1n) is 8.12. The molecule has 1 aliphatic heterocycles. The van der Waals surface area contributed by atoms with Crippen LogP contribution in [0.1, 0.15) is 33.9 Å². The number of aromatic nitrogens is 1. The second-order valence-electron chi connectivity index (χ2n) is 5.88. The van der Waals surface area contributed by atoms with Gasteiger partial charge >= 0.3 is 0 Å². The SMILES string of the molecule is COc1ccccc1CN(CC1CCCO1)C(=O)c1csc(C)n1. The minimum absolute atomic E-state index is 0.0549. The number of ether oxygens (including phenoxy) is 2. The maximum absolute atomic E-state index is 12.9. The van der Waals surface area contributed by atoms with Crippen molar-refractivity contribution in [3.63, 3.8) is 0 Å². The fourth-order valence-corrected chi connectivity index (χ4v) is 3.50. The Labute approximate surface area is 146 Å². The maximum atomic E-state index is 12.9. The molecule has 1 fully saturated rings. The lowest BCUT2D eigenvalue weighted by Crippen LogP contribution is -2.37. The molecule has 128 valence electrons. The second kappa shape index (κ2) is 7.77. The molecule has 2 aromatic rings. The van der Waals surface area contributed by atoms with E-state index in [1.165, 1.54) is 11.3 Å². The van der Waals surface area contributed by atoms with Crippen molar-refractivity contribution in [1.82, 2.24) is 9.88 Å². The molecule has 1 saturated heterocycles. The third-order valence-electron chi connectivity index (χ3n) is 4.13. The van der Waals surface area contributed by atoms with Crippen LogP contribution in [-0.2, 0) is 11.3 Å². The lowest BCUT2D eigenvalue weighted by atomic mass is 10.1. The van der Waals surface area contributed by atoms with Crippen molar-refractivity contribution in [3.05, 3.63) is 45.9 Å². The van der Waals surface area contributed by atoms with Gasteiger partial charge in [0.05, 0.1) is 18.2 Å². The summed E-state index contributed by atoms with van der Waals surface area (Å²) in [5, 5.41) is 2.72. The van der Waals surface area contributed by atoms with Crippen LogP contribution < -0.4 is 4.74 Å². The molecule has 0 bridgehead atoms. The van der Waals surface area contributed by atoms with E-state index in [2.05, 4.69) is 4.98 Å². The molecule has 0 spiro atoms. The third-order valence-corrected chi connectivity index (χ3v) is 4.90. The molecule has 3 rings (SSSR count). The first kappa shape index (κ1) is 16.9. The minimum atomic E-state index is -0.0549. The van der Waals surface area contributed by atoms with E-state index in [-0.39, 0.29) is 12.0 Å². The number of amides is 1. The number of aryl methyl sites for hydroxylation is 1. The average Bonchev–Trinajstić information content (AvgIpc) is 3.25. The molecule has 1 amide bonds. The van der Waals surface area contributed by atoms with Gasteiger partial charge in [-0.25, -0.2) is 4.98 Å². The summed E-state index contributed by atoms with van der Waals surface area (Å²) in [5.74, 6) is 0.734. The molecule has 2 heterocycles. The van der Waals surface area contributed by atoms with E-state index in [9.17, 15) is 4.79 Å². The van der Waals surface area contributed by atoms with Gasteiger partial charge in [0, 0.05) is 30.6 Å². The zero-order valence-corrected chi connectivity index (χ0v) is 14.8. The van der Waals surface area contributed by atoms with Crippen molar-refractivity contribution >= 4 is 17.2 Å². The smallest absolute Gasteiger partial charge is 0.273 e. The summed E-state index contributed by atoms with van der Waals surface area (Å²) in [5.41, 5.74) is 1.49. The van der Waals surface area contributed by atoms with Gasteiger partial charge in [0.15, 0.2) is 0 Å². The van der Waals surface area contributed by atoms with Crippen molar-refractivity contribution in [1.29, 1.82) is 0 Å². The van der Waals surface area contributed by atoms with Crippen LogP contribution in [0.4, 0.5) is 0 Å². The Hall–Kier alpha value is -1.92. The molecule has 0 saturated carbocycles. The molecular weight excluding hydrogens is 324 g/mol. The third kappa shape index (κ3) is 3.94. The number of carbonyl (C=O) groups excluding carboxylic acids is 1. The van der Waals surface area contributed by atoms with E-state index in [0.717, 1.165) is 35.8 Å². The average molecular weight is 346 g/mol. The zero-order chi connectivity index (χ0) is 16.9. The Balaban J connectivity index is 1.82. The van der Waals surface area contributed by atoms with E-state index >= 15 is 0 Å². The largest absolute Gasteiger partial charge is 0.496 e.